The van der Waals surface area contributed by atoms with Gasteiger partial charge in [-0.1, -0.05) is 60.7 Å². The lowest BCUT2D eigenvalue weighted by molar-refractivity contribution is -0.159. The molecule has 192 valence electrons. The third kappa shape index (κ3) is 3.51. The molecule has 7 rings (SSSR count). The Labute approximate surface area is 219 Å². The van der Waals surface area contributed by atoms with Crippen LogP contribution in [0.4, 0.5) is 5.69 Å². The van der Waals surface area contributed by atoms with E-state index < -0.39 is 36.4 Å². The van der Waals surface area contributed by atoms with Gasteiger partial charge in [-0.25, -0.2) is 4.79 Å². The molecular formula is C30H26N2O6. The highest BCUT2D eigenvalue weighted by Crippen LogP contribution is 2.61. The van der Waals surface area contributed by atoms with Crippen LogP contribution in [-0.4, -0.2) is 48.3 Å². The molecule has 3 aromatic rings. The van der Waals surface area contributed by atoms with Gasteiger partial charge in [-0.2, -0.15) is 0 Å². The van der Waals surface area contributed by atoms with Crippen molar-refractivity contribution in [3.05, 3.63) is 95.1 Å². The minimum absolute atomic E-state index is 0.256. The lowest BCUT2D eigenvalue weighted by Crippen LogP contribution is -2.45. The second-order valence-corrected chi connectivity index (χ2v) is 9.84. The summed E-state index contributed by atoms with van der Waals surface area (Å²) < 4.78 is 10.4. The summed E-state index contributed by atoms with van der Waals surface area (Å²) in [6.07, 6.45) is 0. The number of rotatable bonds is 6. The van der Waals surface area contributed by atoms with E-state index in [1.165, 1.54) is 14.0 Å². The third-order valence-corrected chi connectivity index (χ3v) is 7.94. The van der Waals surface area contributed by atoms with Gasteiger partial charge in [0.05, 0.1) is 24.6 Å². The molecule has 1 N–H and O–H groups in total. The number of anilines is 1. The Balaban J connectivity index is 1.21. The van der Waals surface area contributed by atoms with Crippen LogP contribution in [0, 0.1) is 11.8 Å². The van der Waals surface area contributed by atoms with E-state index in [0.717, 1.165) is 27.2 Å². The predicted octanol–water partition coefficient (Wildman–Crippen LogP) is 3.46. The maximum Gasteiger partial charge on any atom is 0.329 e. The standard InChI is InChI=1S/C30H26N2O6/c1-16(30(36)38-15-23(33)31-21-13-7-8-14-22(21)37-2)32-28(34)26-24-17-9-3-4-10-18(17)25(27(26)29(32)35)20-12-6-5-11-19(20)24/h3-14,16,24-27H,15H2,1-2H3,(H,31,33)/t16-,24?,25?,26-,27+/m1/s1. The predicted molar refractivity (Wildman–Crippen MR) is 137 cm³/mol. The summed E-state index contributed by atoms with van der Waals surface area (Å²) in [6, 6.07) is 21.6. The zero-order valence-corrected chi connectivity index (χ0v) is 20.9. The van der Waals surface area contributed by atoms with Crippen LogP contribution in [0.15, 0.2) is 72.8 Å². The summed E-state index contributed by atoms with van der Waals surface area (Å²) in [5.74, 6) is -3.34. The molecule has 1 saturated heterocycles. The molecule has 0 aromatic heterocycles. The number of amides is 3. The molecule has 3 aromatic carbocycles. The SMILES string of the molecule is COc1ccccc1NC(=O)COC(=O)[C@@H](C)N1C(=O)[C@@H]2C3c4ccccc4C(c4ccccc43)[C@@H]2C1=O. The molecule has 3 amide bonds. The zero-order chi connectivity index (χ0) is 26.6. The molecule has 1 aliphatic heterocycles. The number of ether oxygens (including phenoxy) is 2. The summed E-state index contributed by atoms with van der Waals surface area (Å²) in [5, 5.41) is 2.63. The fourth-order valence-corrected chi connectivity index (χ4v) is 6.38. The van der Waals surface area contributed by atoms with Gasteiger partial charge in [0, 0.05) is 11.8 Å². The fourth-order valence-electron chi connectivity index (χ4n) is 6.38. The van der Waals surface area contributed by atoms with Gasteiger partial charge in [-0.15, -0.1) is 0 Å². The highest BCUT2D eigenvalue weighted by molar-refractivity contribution is 6.10. The van der Waals surface area contributed by atoms with Gasteiger partial charge in [0.2, 0.25) is 11.8 Å². The normalized spacial score (nSPS) is 23.3. The molecule has 0 spiro atoms. The highest BCUT2D eigenvalue weighted by Gasteiger charge is 2.62. The number of para-hydroxylation sites is 2. The number of benzene rings is 3. The van der Waals surface area contributed by atoms with Crippen LogP contribution in [-0.2, 0) is 23.9 Å². The molecule has 4 aliphatic rings. The van der Waals surface area contributed by atoms with E-state index in [1.54, 1.807) is 24.3 Å². The number of imide groups is 1. The van der Waals surface area contributed by atoms with E-state index in [-0.39, 0.29) is 23.7 Å². The number of hydrogen-bond acceptors (Lipinski definition) is 6. The summed E-state index contributed by atoms with van der Waals surface area (Å²) in [7, 11) is 1.48. The Kier molecular flexibility index (Phi) is 5.75. The van der Waals surface area contributed by atoms with E-state index in [1.807, 2.05) is 48.5 Å². The van der Waals surface area contributed by atoms with Gasteiger partial charge in [0.25, 0.3) is 5.91 Å². The number of methoxy groups -OCH3 is 1. The molecule has 2 bridgehead atoms. The van der Waals surface area contributed by atoms with Crippen LogP contribution in [0.5, 0.6) is 5.75 Å². The Morgan fingerprint density at radius 2 is 1.29 bits per heavy atom. The average molecular weight is 511 g/mol. The molecule has 3 atom stereocenters. The first-order chi connectivity index (χ1) is 18.4. The summed E-state index contributed by atoms with van der Waals surface area (Å²) in [4.78, 5) is 53.9. The molecule has 0 unspecified atom stereocenters. The molecule has 3 aliphatic carbocycles. The number of nitrogens with zero attached hydrogens (tertiary/aromatic N) is 1. The first-order valence-electron chi connectivity index (χ1n) is 12.6. The minimum atomic E-state index is -1.16. The quantitative estimate of drug-likeness (QED) is 0.403. The van der Waals surface area contributed by atoms with Crippen LogP contribution < -0.4 is 10.1 Å². The molecule has 0 radical (unpaired) electrons. The van der Waals surface area contributed by atoms with Crippen molar-refractivity contribution < 1.29 is 28.7 Å². The Morgan fingerprint density at radius 1 is 0.816 bits per heavy atom. The average Bonchev–Trinajstić information content (AvgIpc) is 3.21. The number of esters is 1. The van der Waals surface area contributed by atoms with Crippen LogP contribution in [0.1, 0.15) is 41.0 Å². The van der Waals surface area contributed by atoms with Crippen molar-refractivity contribution in [3.63, 3.8) is 0 Å². The zero-order valence-electron chi connectivity index (χ0n) is 20.9. The Hall–Kier alpha value is -4.46. The van der Waals surface area contributed by atoms with Gasteiger partial charge < -0.3 is 14.8 Å². The molecule has 1 fully saturated rings. The molecule has 8 heteroatoms. The summed E-state index contributed by atoms with van der Waals surface area (Å²) in [6.45, 7) is 0.905. The monoisotopic (exact) mass is 510 g/mol. The second-order valence-electron chi connectivity index (χ2n) is 9.84. The van der Waals surface area contributed by atoms with Crippen molar-refractivity contribution >= 4 is 29.4 Å². The van der Waals surface area contributed by atoms with Gasteiger partial charge in [0.1, 0.15) is 11.8 Å². The minimum Gasteiger partial charge on any atom is -0.495 e. The largest absolute Gasteiger partial charge is 0.495 e. The fraction of sp³-hybridized carbons (Fsp3) is 0.267. The highest BCUT2D eigenvalue weighted by atomic mass is 16.5. The van der Waals surface area contributed by atoms with Crippen LogP contribution >= 0.6 is 0 Å². The number of hydrogen-bond donors (Lipinski definition) is 1. The maximum atomic E-state index is 13.8. The van der Waals surface area contributed by atoms with E-state index in [0.29, 0.717) is 11.4 Å². The third-order valence-electron chi connectivity index (χ3n) is 7.94. The number of nitrogens with one attached hydrogen (secondary N) is 1. The van der Waals surface area contributed by atoms with Crippen LogP contribution in [0.3, 0.4) is 0 Å². The van der Waals surface area contributed by atoms with Crippen molar-refractivity contribution in [2.45, 2.75) is 24.8 Å². The van der Waals surface area contributed by atoms with Crippen molar-refractivity contribution in [1.29, 1.82) is 0 Å². The first-order valence-corrected chi connectivity index (χ1v) is 12.6. The van der Waals surface area contributed by atoms with Crippen molar-refractivity contribution in [1.82, 2.24) is 4.90 Å². The lowest BCUT2D eigenvalue weighted by atomic mass is 9.55. The molecule has 8 nitrogen and oxygen atoms in total. The van der Waals surface area contributed by atoms with Gasteiger partial charge in [0.15, 0.2) is 6.61 Å². The molecule has 1 heterocycles. The second kappa shape index (κ2) is 9.13. The Bertz CT molecular complexity index is 1370. The maximum absolute atomic E-state index is 13.8. The van der Waals surface area contributed by atoms with E-state index in [4.69, 9.17) is 9.47 Å². The number of carbonyl (C=O) groups is 4. The van der Waals surface area contributed by atoms with Gasteiger partial charge in [-0.05, 0) is 41.3 Å². The molecule has 38 heavy (non-hydrogen) atoms. The number of likely N-dealkylation sites (tertiary alicyclic amines) is 1. The van der Waals surface area contributed by atoms with Crippen LogP contribution in [0.25, 0.3) is 0 Å². The molecular weight excluding hydrogens is 484 g/mol. The van der Waals surface area contributed by atoms with Crippen molar-refractivity contribution in [2.24, 2.45) is 11.8 Å². The van der Waals surface area contributed by atoms with Crippen LogP contribution in [0.2, 0.25) is 0 Å². The van der Waals surface area contributed by atoms with E-state index in [9.17, 15) is 19.2 Å². The summed E-state index contributed by atoms with van der Waals surface area (Å²) in [5.41, 5.74) is 4.67. The van der Waals surface area contributed by atoms with E-state index in [2.05, 4.69) is 5.32 Å². The number of carbonyl (C=O) groups excluding carboxylic acids is 4. The molecule has 0 saturated carbocycles. The van der Waals surface area contributed by atoms with Gasteiger partial charge >= 0.3 is 5.97 Å². The first kappa shape index (κ1) is 23.9. The van der Waals surface area contributed by atoms with Crippen molar-refractivity contribution in [2.75, 3.05) is 19.0 Å². The Morgan fingerprint density at radius 3 is 1.79 bits per heavy atom. The lowest BCUT2D eigenvalue weighted by Gasteiger charge is -2.45. The van der Waals surface area contributed by atoms with E-state index >= 15 is 0 Å². The topological polar surface area (TPSA) is 102 Å². The smallest absolute Gasteiger partial charge is 0.329 e. The summed E-state index contributed by atoms with van der Waals surface area (Å²) >= 11 is 0. The van der Waals surface area contributed by atoms with Gasteiger partial charge in [-0.3, -0.25) is 19.3 Å². The van der Waals surface area contributed by atoms with Crippen molar-refractivity contribution in [3.8, 4) is 5.75 Å².